The number of hydrogen-bond donors (Lipinski definition) is 2. The standard InChI is InChI=1S/C17H22N4O.HI/c18-17(21-14-9-5-2-6-10-14)20-12-16-19-11-15(22-16)13-7-3-1-4-8-13;/h1,3-4,7-8,11,14H,2,5-6,9-10,12H2,(H3,18,20,21);1H. The van der Waals surface area contributed by atoms with Gasteiger partial charge in [0.25, 0.3) is 0 Å². The number of guanidine groups is 1. The summed E-state index contributed by atoms with van der Waals surface area (Å²) in [6.45, 7) is 0.360. The average molecular weight is 426 g/mol. The quantitative estimate of drug-likeness (QED) is 0.444. The predicted octanol–water partition coefficient (Wildman–Crippen LogP) is 3.70. The molecular weight excluding hydrogens is 403 g/mol. The molecule has 23 heavy (non-hydrogen) atoms. The van der Waals surface area contributed by atoms with Gasteiger partial charge in [0.1, 0.15) is 6.54 Å². The zero-order chi connectivity index (χ0) is 15.2. The second-order valence-electron chi connectivity index (χ2n) is 5.67. The Morgan fingerprint density at radius 1 is 1.22 bits per heavy atom. The van der Waals surface area contributed by atoms with Crippen LogP contribution < -0.4 is 11.1 Å². The number of aromatic nitrogens is 1. The number of oxazole rings is 1. The molecule has 1 heterocycles. The van der Waals surface area contributed by atoms with Gasteiger partial charge < -0.3 is 15.5 Å². The molecule has 3 rings (SSSR count). The summed E-state index contributed by atoms with van der Waals surface area (Å²) in [6.07, 6.45) is 7.94. The Kier molecular flexibility index (Phi) is 6.88. The van der Waals surface area contributed by atoms with Gasteiger partial charge in [-0.1, -0.05) is 49.6 Å². The Morgan fingerprint density at radius 2 is 1.96 bits per heavy atom. The van der Waals surface area contributed by atoms with Crippen LogP contribution in [0.3, 0.4) is 0 Å². The highest BCUT2D eigenvalue weighted by atomic mass is 127. The average Bonchev–Trinajstić information content (AvgIpc) is 3.04. The molecule has 1 aromatic heterocycles. The lowest BCUT2D eigenvalue weighted by Gasteiger charge is -2.23. The minimum absolute atomic E-state index is 0. The fourth-order valence-corrected chi connectivity index (χ4v) is 2.77. The summed E-state index contributed by atoms with van der Waals surface area (Å²) in [5, 5.41) is 3.29. The number of nitrogens with zero attached hydrogens (tertiary/aromatic N) is 2. The first-order chi connectivity index (χ1) is 10.8. The topological polar surface area (TPSA) is 76.4 Å². The fourth-order valence-electron chi connectivity index (χ4n) is 2.77. The van der Waals surface area contributed by atoms with Gasteiger partial charge in [0.2, 0.25) is 5.89 Å². The first-order valence-electron chi connectivity index (χ1n) is 7.88. The van der Waals surface area contributed by atoms with E-state index < -0.39 is 0 Å². The summed E-state index contributed by atoms with van der Waals surface area (Å²) in [5.74, 6) is 1.81. The van der Waals surface area contributed by atoms with Gasteiger partial charge in [-0.2, -0.15) is 0 Å². The van der Waals surface area contributed by atoms with E-state index in [0.29, 0.717) is 24.4 Å². The number of nitrogens with two attached hydrogens (primary N) is 1. The van der Waals surface area contributed by atoms with Gasteiger partial charge in [0.15, 0.2) is 11.7 Å². The molecule has 5 nitrogen and oxygen atoms in total. The first kappa shape index (κ1) is 17.8. The molecule has 3 N–H and O–H groups in total. The molecule has 1 fully saturated rings. The Morgan fingerprint density at radius 3 is 2.70 bits per heavy atom. The van der Waals surface area contributed by atoms with Crippen molar-refractivity contribution in [2.45, 2.75) is 44.7 Å². The van der Waals surface area contributed by atoms with Crippen molar-refractivity contribution < 1.29 is 4.42 Å². The third-order valence-electron chi connectivity index (χ3n) is 3.95. The van der Waals surface area contributed by atoms with Crippen molar-refractivity contribution in [2.24, 2.45) is 10.7 Å². The Labute approximate surface area is 153 Å². The van der Waals surface area contributed by atoms with Gasteiger partial charge in [-0.15, -0.1) is 24.0 Å². The summed E-state index contributed by atoms with van der Waals surface area (Å²) in [4.78, 5) is 8.58. The second kappa shape index (κ2) is 8.90. The van der Waals surface area contributed by atoms with Crippen molar-refractivity contribution in [1.29, 1.82) is 0 Å². The number of rotatable bonds is 4. The molecule has 0 radical (unpaired) electrons. The second-order valence-corrected chi connectivity index (χ2v) is 5.67. The number of aliphatic imine (C=N–C) groups is 1. The molecule has 0 amide bonds. The third kappa shape index (κ3) is 5.23. The lowest BCUT2D eigenvalue weighted by molar-refractivity contribution is 0.412. The molecule has 0 unspecified atom stereocenters. The molecule has 1 aromatic carbocycles. The zero-order valence-corrected chi connectivity index (χ0v) is 15.4. The van der Waals surface area contributed by atoms with Gasteiger partial charge in [-0.3, -0.25) is 0 Å². The van der Waals surface area contributed by atoms with Crippen LogP contribution in [0.4, 0.5) is 0 Å². The molecule has 1 aliphatic rings. The maximum Gasteiger partial charge on any atom is 0.216 e. The third-order valence-corrected chi connectivity index (χ3v) is 3.95. The van der Waals surface area contributed by atoms with E-state index in [1.54, 1.807) is 6.20 Å². The van der Waals surface area contributed by atoms with Crippen molar-refractivity contribution in [3.63, 3.8) is 0 Å². The van der Waals surface area contributed by atoms with Gasteiger partial charge >= 0.3 is 0 Å². The maximum absolute atomic E-state index is 5.94. The minimum Gasteiger partial charge on any atom is -0.439 e. The number of nitrogens with one attached hydrogen (secondary N) is 1. The first-order valence-corrected chi connectivity index (χ1v) is 7.88. The van der Waals surface area contributed by atoms with Gasteiger partial charge in [0, 0.05) is 11.6 Å². The number of benzene rings is 1. The van der Waals surface area contributed by atoms with Crippen molar-refractivity contribution in [3.8, 4) is 11.3 Å². The molecular formula is C17H23IN4O. The van der Waals surface area contributed by atoms with Crippen LogP contribution in [0.15, 0.2) is 45.9 Å². The van der Waals surface area contributed by atoms with Gasteiger partial charge in [-0.05, 0) is 12.8 Å². The molecule has 0 saturated heterocycles. The van der Waals surface area contributed by atoms with Crippen molar-refractivity contribution in [2.75, 3.05) is 0 Å². The van der Waals surface area contributed by atoms with Crippen molar-refractivity contribution >= 4 is 29.9 Å². The van der Waals surface area contributed by atoms with Crippen LogP contribution in [-0.4, -0.2) is 17.0 Å². The Balaban J connectivity index is 0.00000192. The van der Waals surface area contributed by atoms with Crippen LogP contribution in [0.2, 0.25) is 0 Å². The molecule has 0 spiro atoms. The van der Waals surface area contributed by atoms with Gasteiger partial charge in [-0.25, -0.2) is 9.98 Å². The lowest BCUT2D eigenvalue weighted by atomic mass is 9.96. The summed E-state index contributed by atoms with van der Waals surface area (Å²) in [5.41, 5.74) is 6.95. The Bertz CT molecular complexity index is 621. The minimum atomic E-state index is 0. The van der Waals surface area contributed by atoms with E-state index in [4.69, 9.17) is 10.2 Å². The highest BCUT2D eigenvalue weighted by Gasteiger charge is 2.13. The van der Waals surface area contributed by atoms with Crippen LogP contribution in [0.25, 0.3) is 11.3 Å². The lowest BCUT2D eigenvalue weighted by Crippen LogP contribution is -2.41. The molecule has 124 valence electrons. The van der Waals surface area contributed by atoms with E-state index in [0.717, 1.165) is 11.3 Å². The van der Waals surface area contributed by atoms with E-state index in [1.165, 1.54) is 32.1 Å². The van der Waals surface area contributed by atoms with E-state index in [1.807, 2.05) is 30.3 Å². The largest absolute Gasteiger partial charge is 0.439 e. The van der Waals surface area contributed by atoms with Crippen LogP contribution in [0.1, 0.15) is 38.0 Å². The van der Waals surface area contributed by atoms with Crippen LogP contribution in [0.5, 0.6) is 0 Å². The molecule has 2 aromatic rings. The highest BCUT2D eigenvalue weighted by Crippen LogP contribution is 2.20. The highest BCUT2D eigenvalue weighted by molar-refractivity contribution is 14.0. The zero-order valence-electron chi connectivity index (χ0n) is 13.1. The summed E-state index contributed by atoms with van der Waals surface area (Å²) >= 11 is 0. The van der Waals surface area contributed by atoms with Crippen molar-refractivity contribution in [3.05, 3.63) is 42.4 Å². The van der Waals surface area contributed by atoms with Crippen LogP contribution in [-0.2, 0) is 6.54 Å². The predicted molar refractivity (Wildman–Crippen MR) is 103 cm³/mol. The SMILES string of the molecule is I.NC(=NCc1ncc(-c2ccccc2)o1)NC1CCCCC1. The number of hydrogen-bond acceptors (Lipinski definition) is 3. The van der Waals surface area contributed by atoms with Gasteiger partial charge in [0.05, 0.1) is 6.20 Å². The molecule has 1 aliphatic carbocycles. The maximum atomic E-state index is 5.94. The van der Waals surface area contributed by atoms with Crippen LogP contribution >= 0.6 is 24.0 Å². The fraction of sp³-hybridized carbons (Fsp3) is 0.412. The molecule has 1 saturated carbocycles. The van der Waals surface area contributed by atoms with E-state index in [9.17, 15) is 0 Å². The van der Waals surface area contributed by atoms with Crippen LogP contribution in [0, 0.1) is 0 Å². The number of halogens is 1. The molecule has 0 atom stereocenters. The summed E-state index contributed by atoms with van der Waals surface area (Å²) < 4.78 is 5.71. The summed E-state index contributed by atoms with van der Waals surface area (Å²) in [6, 6.07) is 10.4. The normalized spacial score (nSPS) is 15.9. The summed E-state index contributed by atoms with van der Waals surface area (Å²) in [7, 11) is 0. The smallest absolute Gasteiger partial charge is 0.216 e. The van der Waals surface area contributed by atoms with E-state index in [2.05, 4.69) is 15.3 Å². The molecule has 0 aliphatic heterocycles. The molecule has 0 bridgehead atoms. The van der Waals surface area contributed by atoms with E-state index in [-0.39, 0.29) is 24.0 Å². The van der Waals surface area contributed by atoms with E-state index >= 15 is 0 Å². The molecule has 6 heteroatoms. The van der Waals surface area contributed by atoms with Crippen molar-refractivity contribution in [1.82, 2.24) is 10.3 Å². The Hall–Kier alpha value is -1.57. The monoisotopic (exact) mass is 426 g/mol.